The van der Waals surface area contributed by atoms with E-state index in [-0.39, 0.29) is 0 Å². The minimum absolute atomic E-state index is 0.297. The molecule has 0 aliphatic carbocycles. The molecule has 0 fully saturated rings. The summed E-state index contributed by atoms with van der Waals surface area (Å²) in [5.74, 6) is -3.93. The van der Waals surface area contributed by atoms with Gasteiger partial charge in [-0.25, -0.2) is 8.78 Å². The van der Waals surface area contributed by atoms with Crippen LogP contribution in [0.5, 0.6) is 0 Å². The maximum Gasteiger partial charge on any atom is 0.319 e. The van der Waals surface area contributed by atoms with E-state index in [1.54, 1.807) is 7.11 Å². The predicted molar refractivity (Wildman–Crippen MR) is 44.9 cm³/mol. The molecule has 0 bridgehead atoms. The topological polar surface area (TPSA) is 21.3 Å². The normalized spacial score (nSPS) is 12.4. The van der Waals surface area contributed by atoms with E-state index in [9.17, 15) is 17.6 Å². The smallest absolute Gasteiger partial charge is 0.319 e. The maximum atomic E-state index is 12.3. The zero-order chi connectivity index (χ0) is 11.0. The molecule has 14 heavy (non-hydrogen) atoms. The highest BCUT2D eigenvalue weighted by Crippen LogP contribution is 2.21. The molecule has 0 saturated heterocycles. The number of unbranched alkanes of at least 4 members (excludes halogenated alkanes) is 1. The first kappa shape index (κ1) is 13.6. The van der Waals surface area contributed by atoms with E-state index in [0.29, 0.717) is 19.6 Å². The Balaban J connectivity index is 3.35. The summed E-state index contributed by atoms with van der Waals surface area (Å²) in [4.78, 5) is 0. The lowest BCUT2D eigenvalue weighted by atomic mass is 10.3. The van der Waals surface area contributed by atoms with Crippen molar-refractivity contribution in [2.24, 2.45) is 0 Å². The van der Waals surface area contributed by atoms with Crippen LogP contribution in [0.15, 0.2) is 0 Å². The van der Waals surface area contributed by atoms with E-state index in [1.807, 2.05) is 0 Å². The summed E-state index contributed by atoms with van der Waals surface area (Å²) in [7, 11) is 1.54. The van der Waals surface area contributed by atoms with E-state index in [0.717, 1.165) is 6.42 Å². The van der Waals surface area contributed by atoms with E-state index >= 15 is 0 Å². The van der Waals surface area contributed by atoms with E-state index < -0.39 is 18.9 Å². The molecule has 2 nitrogen and oxygen atoms in total. The van der Waals surface area contributed by atoms with Crippen LogP contribution in [-0.2, 0) is 4.74 Å². The fraction of sp³-hybridized carbons (Fsp3) is 1.00. The van der Waals surface area contributed by atoms with E-state index in [1.165, 1.54) is 0 Å². The minimum atomic E-state index is -3.93. The van der Waals surface area contributed by atoms with Gasteiger partial charge in [0.1, 0.15) is 0 Å². The number of hydrogen-bond acceptors (Lipinski definition) is 2. The largest absolute Gasteiger partial charge is 0.385 e. The van der Waals surface area contributed by atoms with Crippen LogP contribution in [0.2, 0.25) is 0 Å². The summed E-state index contributed by atoms with van der Waals surface area (Å²) in [6, 6.07) is 0. The Morgan fingerprint density at radius 3 is 2.43 bits per heavy atom. The van der Waals surface area contributed by atoms with Gasteiger partial charge in [0.15, 0.2) is 0 Å². The summed E-state index contributed by atoms with van der Waals surface area (Å²) in [5, 5.41) is 2.28. The molecule has 0 radical (unpaired) electrons. The average molecular weight is 217 g/mol. The summed E-state index contributed by atoms with van der Waals surface area (Å²) in [5.41, 5.74) is 0. The Morgan fingerprint density at radius 2 is 1.93 bits per heavy atom. The van der Waals surface area contributed by atoms with Crippen molar-refractivity contribution in [3.8, 4) is 0 Å². The molecule has 0 aromatic heterocycles. The van der Waals surface area contributed by atoms with Crippen molar-refractivity contribution in [1.82, 2.24) is 5.32 Å². The number of hydrogen-bond donors (Lipinski definition) is 1. The lowest BCUT2D eigenvalue weighted by molar-refractivity contribution is -0.125. The van der Waals surface area contributed by atoms with Gasteiger partial charge in [0, 0.05) is 13.7 Å². The first-order valence-electron chi connectivity index (χ1n) is 4.36. The van der Waals surface area contributed by atoms with Crippen LogP contribution < -0.4 is 5.32 Å². The maximum absolute atomic E-state index is 12.3. The fourth-order valence-electron chi connectivity index (χ4n) is 0.829. The Kier molecular flexibility index (Phi) is 6.82. The van der Waals surface area contributed by atoms with Crippen LogP contribution in [0.25, 0.3) is 0 Å². The highest BCUT2D eigenvalue weighted by Gasteiger charge is 2.39. The first-order valence-corrected chi connectivity index (χ1v) is 4.36. The standard InChI is InChI=1S/C8H15F4NO/c1-14-5-3-2-4-13-6-8(11,12)7(9)10/h7,13H,2-6H2,1H3. The number of alkyl halides is 4. The molecule has 0 amide bonds. The third-order valence-electron chi connectivity index (χ3n) is 1.63. The molecule has 0 unspecified atom stereocenters. The zero-order valence-corrected chi connectivity index (χ0v) is 8.03. The molecule has 0 aromatic rings. The van der Waals surface area contributed by atoms with Gasteiger partial charge in [-0.2, -0.15) is 8.78 Å². The minimum Gasteiger partial charge on any atom is -0.385 e. The van der Waals surface area contributed by atoms with Crippen LogP contribution in [0.3, 0.4) is 0 Å². The Bertz CT molecular complexity index is 143. The van der Waals surface area contributed by atoms with Crippen LogP contribution in [0.4, 0.5) is 17.6 Å². The molecule has 0 heterocycles. The monoisotopic (exact) mass is 217 g/mol. The molecule has 0 saturated carbocycles. The second kappa shape index (κ2) is 7.00. The van der Waals surface area contributed by atoms with Gasteiger partial charge in [-0.1, -0.05) is 0 Å². The number of halogens is 4. The fourth-order valence-corrected chi connectivity index (χ4v) is 0.829. The number of ether oxygens (including phenoxy) is 1. The lowest BCUT2D eigenvalue weighted by Crippen LogP contribution is -2.39. The summed E-state index contributed by atoms with van der Waals surface area (Å²) in [6.07, 6.45) is -2.24. The van der Waals surface area contributed by atoms with Gasteiger partial charge in [0.2, 0.25) is 0 Å². The van der Waals surface area contributed by atoms with Crippen LogP contribution in [-0.4, -0.2) is 39.2 Å². The van der Waals surface area contributed by atoms with Crippen LogP contribution in [0.1, 0.15) is 12.8 Å². The molecular formula is C8H15F4NO. The van der Waals surface area contributed by atoms with Gasteiger partial charge in [0.25, 0.3) is 0 Å². The molecule has 0 aromatic carbocycles. The Labute approximate surface area is 80.6 Å². The molecule has 86 valence electrons. The van der Waals surface area contributed by atoms with Gasteiger partial charge in [-0.3, -0.25) is 0 Å². The van der Waals surface area contributed by atoms with Crippen molar-refractivity contribution in [2.45, 2.75) is 25.2 Å². The molecule has 0 aliphatic heterocycles. The number of rotatable bonds is 8. The first-order chi connectivity index (χ1) is 6.50. The van der Waals surface area contributed by atoms with E-state index in [2.05, 4.69) is 5.32 Å². The van der Waals surface area contributed by atoms with Gasteiger partial charge in [-0.05, 0) is 19.4 Å². The SMILES string of the molecule is COCCCCNCC(F)(F)C(F)F. The van der Waals surface area contributed by atoms with Crippen molar-refractivity contribution in [3.63, 3.8) is 0 Å². The summed E-state index contributed by atoms with van der Waals surface area (Å²) in [6.45, 7) is -0.129. The van der Waals surface area contributed by atoms with Crippen molar-refractivity contribution in [3.05, 3.63) is 0 Å². The predicted octanol–water partition coefficient (Wildman–Crippen LogP) is 1.90. The van der Waals surface area contributed by atoms with Gasteiger partial charge < -0.3 is 10.1 Å². The van der Waals surface area contributed by atoms with Crippen molar-refractivity contribution >= 4 is 0 Å². The number of methoxy groups -OCH3 is 1. The Morgan fingerprint density at radius 1 is 1.29 bits per heavy atom. The average Bonchev–Trinajstić information content (AvgIpc) is 2.10. The molecular weight excluding hydrogens is 202 g/mol. The number of nitrogens with one attached hydrogen (secondary N) is 1. The van der Waals surface area contributed by atoms with Crippen molar-refractivity contribution in [1.29, 1.82) is 0 Å². The summed E-state index contributed by atoms with van der Waals surface area (Å²) < 4.78 is 52.6. The molecule has 6 heteroatoms. The van der Waals surface area contributed by atoms with Gasteiger partial charge in [-0.15, -0.1) is 0 Å². The van der Waals surface area contributed by atoms with Gasteiger partial charge >= 0.3 is 12.3 Å². The highest BCUT2D eigenvalue weighted by atomic mass is 19.3. The summed E-state index contributed by atoms with van der Waals surface area (Å²) >= 11 is 0. The van der Waals surface area contributed by atoms with Crippen LogP contribution in [0, 0.1) is 0 Å². The quantitative estimate of drug-likeness (QED) is 0.495. The zero-order valence-electron chi connectivity index (χ0n) is 8.03. The van der Waals surface area contributed by atoms with Gasteiger partial charge in [0.05, 0.1) is 6.54 Å². The van der Waals surface area contributed by atoms with E-state index in [4.69, 9.17) is 4.74 Å². The molecule has 0 rings (SSSR count). The van der Waals surface area contributed by atoms with Crippen molar-refractivity contribution in [2.75, 3.05) is 26.8 Å². The lowest BCUT2D eigenvalue weighted by Gasteiger charge is -2.15. The molecule has 0 spiro atoms. The van der Waals surface area contributed by atoms with Crippen LogP contribution >= 0.6 is 0 Å². The molecule has 1 N–H and O–H groups in total. The molecule has 0 aliphatic rings. The second-order valence-electron chi connectivity index (χ2n) is 2.94. The second-order valence-corrected chi connectivity index (χ2v) is 2.94. The third kappa shape index (κ3) is 6.15. The van der Waals surface area contributed by atoms with Crippen molar-refractivity contribution < 1.29 is 22.3 Å². The highest BCUT2D eigenvalue weighted by molar-refractivity contribution is 4.71. The Hall–Kier alpha value is -0.360. The third-order valence-corrected chi connectivity index (χ3v) is 1.63. The molecule has 0 atom stereocenters.